The fourth-order valence-corrected chi connectivity index (χ4v) is 6.02. The lowest BCUT2D eigenvalue weighted by Gasteiger charge is -2.46. The minimum absolute atomic E-state index is 0.235. The van der Waals surface area contributed by atoms with Gasteiger partial charge in [-0.25, -0.2) is 0 Å². The van der Waals surface area contributed by atoms with Gasteiger partial charge in [-0.05, 0) is 28.0 Å². The molecule has 0 aliphatic carbocycles. The van der Waals surface area contributed by atoms with Crippen molar-refractivity contribution in [2.75, 3.05) is 12.4 Å². The van der Waals surface area contributed by atoms with Crippen molar-refractivity contribution < 1.29 is 23.7 Å². The molecular formula is C36H40O5S. The number of hydrogen-bond acceptors (Lipinski definition) is 6. The Morgan fingerprint density at radius 2 is 0.929 bits per heavy atom. The Bertz CT molecular complexity index is 1280. The van der Waals surface area contributed by atoms with Crippen LogP contribution in [0.3, 0.4) is 0 Å². The molecule has 3 unspecified atom stereocenters. The Morgan fingerprint density at radius 3 is 1.38 bits per heavy atom. The standard InChI is InChI=1S/C36H40O5S/c1-2-42-36-35(40-26-31-21-13-6-14-22-31)34(39-25-30-19-11-5-12-20-30)33(38-24-29-17-9-4-10-18-29)32(41-36)27-37-23-28-15-7-3-8-16-28/h3-22,32-36H,2,23-27H2,1H3/t32?,33-,34?,35?,36-/m1/s1. The highest BCUT2D eigenvalue weighted by Crippen LogP contribution is 2.35. The maximum absolute atomic E-state index is 6.76. The lowest BCUT2D eigenvalue weighted by Crippen LogP contribution is -2.60. The molecule has 42 heavy (non-hydrogen) atoms. The normalized spacial score (nSPS) is 22.2. The van der Waals surface area contributed by atoms with Crippen LogP contribution in [-0.4, -0.2) is 42.2 Å². The van der Waals surface area contributed by atoms with Gasteiger partial charge in [0.05, 0.1) is 33.0 Å². The van der Waals surface area contributed by atoms with Gasteiger partial charge in [-0.15, -0.1) is 11.8 Å². The fraction of sp³-hybridized carbons (Fsp3) is 0.333. The van der Waals surface area contributed by atoms with Crippen LogP contribution in [-0.2, 0) is 50.1 Å². The molecule has 1 aliphatic heterocycles. The van der Waals surface area contributed by atoms with E-state index in [1.54, 1.807) is 11.8 Å². The molecule has 4 aromatic carbocycles. The molecular weight excluding hydrogens is 544 g/mol. The van der Waals surface area contributed by atoms with Gasteiger partial charge in [0.25, 0.3) is 0 Å². The zero-order valence-corrected chi connectivity index (χ0v) is 24.9. The van der Waals surface area contributed by atoms with Crippen molar-refractivity contribution in [1.29, 1.82) is 0 Å². The predicted octanol–water partition coefficient (Wildman–Crippen LogP) is 7.44. The van der Waals surface area contributed by atoms with Crippen molar-refractivity contribution >= 4 is 11.8 Å². The van der Waals surface area contributed by atoms with Crippen molar-refractivity contribution in [2.45, 2.75) is 63.2 Å². The Labute approximate surface area is 254 Å². The molecule has 0 aromatic heterocycles. The largest absolute Gasteiger partial charge is 0.374 e. The monoisotopic (exact) mass is 584 g/mol. The molecule has 5 nitrogen and oxygen atoms in total. The van der Waals surface area contributed by atoms with Gasteiger partial charge in [0.15, 0.2) is 0 Å². The molecule has 1 saturated heterocycles. The van der Waals surface area contributed by atoms with E-state index < -0.39 is 6.10 Å². The molecule has 1 heterocycles. The second-order valence-electron chi connectivity index (χ2n) is 10.3. The first-order chi connectivity index (χ1) is 20.8. The summed E-state index contributed by atoms with van der Waals surface area (Å²) < 4.78 is 33.1. The van der Waals surface area contributed by atoms with E-state index in [1.165, 1.54) is 0 Å². The number of benzene rings is 4. The summed E-state index contributed by atoms with van der Waals surface area (Å²) in [5, 5.41) is 0. The molecule has 5 rings (SSSR count). The van der Waals surface area contributed by atoms with Crippen LogP contribution in [0.2, 0.25) is 0 Å². The number of thioether (sulfide) groups is 1. The average molecular weight is 585 g/mol. The third-order valence-corrected chi connectivity index (χ3v) is 8.21. The summed E-state index contributed by atoms with van der Waals surface area (Å²) in [6.45, 7) is 4.37. The van der Waals surface area contributed by atoms with Crippen LogP contribution in [0.4, 0.5) is 0 Å². The van der Waals surface area contributed by atoms with Crippen LogP contribution >= 0.6 is 11.8 Å². The van der Waals surface area contributed by atoms with E-state index in [4.69, 9.17) is 23.7 Å². The molecule has 0 N–H and O–H groups in total. The molecule has 0 bridgehead atoms. The van der Waals surface area contributed by atoms with Gasteiger partial charge >= 0.3 is 0 Å². The molecule has 5 atom stereocenters. The van der Waals surface area contributed by atoms with E-state index in [-0.39, 0.29) is 23.7 Å². The second kappa shape index (κ2) is 16.6. The van der Waals surface area contributed by atoms with Crippen molar-refractivity contribution in [1.82, 2.24) is 0 Å². The highest BCUT2D eigenvalue weighted by molar-refractivity contribution is 7.99. The highest BCUT2D eigenvalue weighted by Gasteiger charge is 2.48. The van der Waals surface area contributed by atoms with E-state index in [2.05, 4.69) is 55.5 Å². The van der Waals surface area contributed by atoms with Crippen LogP contribution in [0, 0.1) is 0 Å². The number of ether oxygens (including phenoxy) is 5. The van der Waals surface area contributed by atoms with Gasteiger partial charge in [0, 0.05) is 0 Å². The van der Waals surface area contributed by atoms with Gasteiger partial charge < -0.3 is 23.7 Å². The Hall–Kier alpha value is -2.97. The van der Waals surface area contributed by atoms with Crippen LogP contribution in [0.5, 0.6) is 0 Å². The van der Waals surface area contributed by atoms with E-state index in [1.807, 2.05) is 72.8 Å². The van der Waals surface area contributed by atoms with Gasteiger partial charge in [-0.2, -0.15) is 0 Å². The molecule has 0 amide bonds. The lowest BCUT2D eigenvalue weighted by atomic mass is 9.98. The van der Waals surface area contributed by atoms with Crippen LogP contribution < -0.4 is 0 Å². The summed E-state index contributed by atoms with van der Waals surface area (Å²) >= 11 is 1.73. The van der Waals surface area contributed by atoms with E-state index in [0.717, 1.165) is 28.0 Å². The van der Waals surface area contributed by atoms with Crippen molar-refractivity contribution in [2.24, 2.45) is 0 Å². The maximum Gasteiger partial charge on any atom is 0.132 e. The zero-order chi connectivity index (χ0) is 28.8. The maximum atomic E-state index is 6.76. The summed E-state index contributed by atoms with van der Waals surface area (Å²) in [4.78, 5) is 0. The van der Waals surface area contributed by atoms with Crippen molar-refractivity contribution in [3.8, 4) is 0 Å². The minimum atomic E-state index is -0.404. The number of rotatable bonds is 15. The van der Waals surface area contributed by atoms with Crippen LogP contribution in [0.25, 0.3) is 0 Å². The van der Waals surface area contributed by atoms with Crippen LogP contribution in [0.15, 0.2) is 121 Å². The average Bonchev–Trinajstić information content (AvgIpc) is 3.05. The van der Waals surface area contributed by atoms with Crippen LogP contribution in [0.1, 0.15) is 29.2 Å². The second-order valence-corrected chi connectivity index (χ2v) is 11.7. The quantitative estimate of drug-likeness (QED) is 0.145. The van der Waals surface area contributed by atoms with Gasteiger partial charge in [0.1, 0.15) is 29.9 Å². The summed E-state index contributed by atoms with van der Waals surface area (Å²) in [6, 6.07) is 40.9. The molecule has 4 aromatic rings. The molecule has 1 aliphatic rings. The molecule has 6 heteroatoms. The summed E-state index contributed by atoms with van der Waals surface area (Å²) in [6.07, 6.45) is -1.45. The molecule has 0 radical (unpaired) electrons. The van der Waals surface area contributed by atoms with E-state index in [9.17, 15) is 0 Å². The first kappa shape index (κ1) is 30.5. The van der Waals surface area contributed by atoms with Gasteiger partial charge in [0.2, 0.25) is 0 Å². The fourth-order valence-electron chi connectivity index (χ4n) is 5.05. The zero-order valence-electron chi connectivity index (χ0n) is 24.1. The lowest BCUT2D eigenvalue weighted by molar-refractivity contribution is -0.254. The molecule has 0 spiro atoms. The minimum Gasteiger partial charge on any atom is -0.374 e. The summed E-state index contributed by atoms with van der Waals surface area (Å²) in [7, 11) is 0. The van der Waals surface area contributed by atoms with E-state index >= 15 is 0 Å². The SMILES string of the molecule is CCS[C@H]1OC(COCc2ccccc2)[C@@H](OCc2ccccc2)C(OCc2ccccc2)C1OCc1ccccc1. The molecule has 1 fully saturated rings. The predicted molar refractivity (Wildman–Crippen MR) is 168 cm³/mol. The first-order valence-electron chi connectivity index (χ1n) is 14.7. The van der Waals surface area contributed by atoms with Gasteiger partial charge in [-0.1, -0.05) is 128 Å². The molecule has 0 saturated carbocycles. The van der Waals surface area contributed by atoms with Crippen molar-refractivity contribution in [3.63, 3.8) is 0 Å². The van der Waals surface area contributed by atoms with Gasteiger partial charge in [-0.3, -0.25) is 0 Å². The highest BCUT2D eigenvalue weighted by atomic mass is 32.2. The Balaban J connectivity index is 1.40. The summed E-state index contributed by atoms with van der Waals surface area (Å²) in [5.41, 5.74) is 4.19. The number of hydrogen-bond donors (Lipinski definition) is 0. The molecule has 220 valence electrons. The smallest absolute Gasteiger partial charge is 0.132 e. The first-order valence-corrected chi connectivity index (χ1v) is 15.7. The van der Waals surface area contributed by atoms with Crippen molar-refractivity contribution in [3.05, 3.63) is 144 Å². The third-order valence-electron chi connectivity index (χ3n) is 7.17. The topological polar surface area (TPSA) is 46.2 Å². The summed E-state index contributed by atoms with van der Waals surface area (Å²) in [5.74, 6) is 0.883. The van der Waals surface area contributed by atoms with E-state index in [0.29, 0.717) is 33.0 Å². The Kier molecular flexibility index (Phi) is 12.1. The third kappa shape index (κ3) is 9.01. The Morgan fingerprint density at radius 1 is 0.524 bits per heavy atom.